The zero-order chi connectivity index (χ0) is 12.5. The van der Waals surface area contributed by atoms with Crippen LogP contribution >= 0.6 is 11.3 Å². The van der Waals surface area contributed by atoms with Crippen molar-refractivity contribution in [2.24, 2.45) is 11.1 Å². The van der Waals surface area contributed by atoms with Crippen molar-refractivity contribution < 1.29 is 4.74 Å². The predicted octanol–water partition coefficient (Wildman–Crippen LogP) is 1.33. The molecule has 1 saturated heterocycles. The summed E-state index contributed by atoms with van der Waals surface area (Å²) >= 11 is 1.68. The van der Waals surface area contributed by atoms with Gasteiger partial charge in [0.15, 0.2) is 0 Å². The second-order valence-corrected chi connectivity index (χ2v) is 6.49. The lowest BCUT2D eigenvalue weighted by molar-refractivity contribution is 0.152. The number of nitrogens with zero attached hydrogens (tertiary/aromatic N) is 1. The third-order valence-electron chi connectivity index (χ3n) is 3.53. The number of ether oxygens (including phenoxy) is 1. The maximum atomic E-state index is 6.08. The molecule has 2 rings (SSSR count). The van der Waals surface area contributed by atoms with Crippen LogP contribution in [0.2, 0.25) is 0 Å². The minimum absolute atomic E-state index is 0.0224. The van der Waals surface area contributed by atoms with Crippen LogP contribution in [0.1, 0.15) is 25.8 Å². The standard InChI is InChI=1S/C12H21N3OS/c1-11(2,10-14-4-5-17-10)15-7-12(3)8-16-6-9(12)13/h4-5,9,15H,6-8,13H2,1-3H3. The van der Waals surface area contributed by atoms with Crippen molar-refractivity contribution in [3.8, 4) is 0 Å². The Hall–Kier alpha value is -0.490. The summed E-state index contributed by atoms with van der Waals surface area (Å²) in [7, 11) is 0. The van der Waals surface area contributed by atoms with E-state index in [4.69, 9.17) is 10.5 Å². The highest BCUT2D eigenvalue weighted by atomic mass is 32.1. The van der Waals surface area contributed by atoms with Gasteiger partial charge in [0.1, 0.15) is 5.01 Å². The lowest BCUT2D eigenvalue weighted by Crippen LogP contribution is -2.49. The molecule has 3 N–H and O–H groups in total. The fourth-order valence-corrected chi connectivity index (χ4v) is 2.68. The average molecular weight is 255 g/mol. The molecule has 1 aliphatic heterocycles. The summed E-state index contributed by atoms with van der Waals surface area (Å²) in [4.78, 5) is 4.37. The van der Waals surface area contributed by atoms with Gasteiger partial charge in [0.05, 0.1) is 18.8 Å². The Morgan fingerprint density at radius 2 is 2.47 bits per heavy atom. The average Bonchev–Trinajstić information content (AvgIpc) is 2.88. The van der Waals surface area contributed by atoms with Gasteiger partial charge in [0.25, 0.3) is 0 Å². The van der Waals surface area contributed by atoms with E-state index >= 15 is 0 Å². The van der Waals surface area contributed by atoms with E-state index < -0.39 is 0 Å². The molecule has 2 heterocycles. The summed E-state index contributed by atoms with van der Waals surface area (Å²) in [6, 6.07) is 0.113. The lowest BCUT2D eigenvalue weighted by atomic mass is 9.85. The fourth-order valence-electron chi connectivity index (χ4n) is 1.94. The van der Waals surface area contributed by atoms with Crippen LogP contribution in [0.4, 0.5) is 0 Å². The van der Waals surface area contributed by atoms with Crippen LogP contribution in [0.3, 0.4) is 0 Å². The van der Waals surface area contributed by atoms with Gasteiger partial charge < -0.3 is 15.8 Å². The molecule has 4 nitrogen and oxygen atoms in total. The molecule has 1 fully saturated rings. The fraction of sp³-hybridized carbons (Fsp3) is 0.750. The summed E-state index contributed by atoms with van der Waals surface area (Å²) in [5.41, 5.74) is 5.99. The molecule has 0 radical (unpaired) electrons. The van der Waals surface area contributed by atoms with Crippen molar-refractivity contribution in [1.82, 2.24) is 10.3 Å². The molecular weight excluding hydrogens is 234 g/mol. The number of hydrogen-bond acceptors (Lipinski definition) is 5. The molecule has 1 aliphatic rings. The number of nitrogens with one attached hydrogen (secondary N) is 1. The van der Waals surface area contributed by atoms with Gasteiger partial charge in [-0.1, -0.05) is 6.92 Å². The molecular formula is C12H21N3OS. The maximum absolute atomic E-state index is 6.08. The van der Waals surface area contributed by atoms with E-state index in [0.29, 0.717) is 6.61 Å². The van der Waals surface area contributed by atoms with E-state index in [1.807, 2.05) is 11.6 Å². The van der Waals surface area contributed by atoms with Crippen LogP contribution in [0.5, 0.6) is 0 Å². The minimum Gasteiger partial charge on any atom is -0.379 e. The molecule has 0 saturated carbocycles. The van der Waals surface area contributed by atoms with E-state index in [1.54, 1.807) is 11.3 Å². The van der Waals surface area contributed by atoms with Crippen molar-refractivity contribution >= 4 is 11.3 Å². The molecule has 17 heavy (non-hydrogen) atoms. The molecule has 96 valence electrons. The zero-order valence-corrected chi connectivity index (χ0v) is 11.5. The van der Waals surface area contributed by atoms with Crippen LogP contribution in [-0.4, -0.2) is 30.8 Å². The van der Waals surface area contributed by atoms with Crippen LogP contribution in [0.15, 0.2) is 11.6 Å². The van der Waals surface area contributed by atoms with Crippen molar-refractivity contribution in [2.45, 2.75) is 32.4 Å². The highest BCUT2D eigenvalue weighted by molar-refractivity contribution is 7.09. The third kappa shape index (κ3) is 2.68. The van der Waals surface area contributed by atoms with E-state index in [1.165, 1.54) is 0 Å². The van der Waals surface area contributed by atoms with Crippen molar-refractivity contribution in [3.05, 3.63) is 16.6 Å². The largest absolute Gasteiger partial charge is 0.379 e. The van der Waals surface area contributed by atoms with Crippen LogP contribution in [0.25, 0.3) is 0 Å². The third-order valence-corrected chi connectivity index (χ3v) is 4.62. The first-order valence-electron chi connectivity index (χ1n) is 5.92. The highest BCUT2D eigenvalue weighted by Crippen LogP contribution is 2.29. The van der Waals surface area contributed by atoms with Crippen LogP contribution in [-0.2, 0) is 10.3 Å². The molecule has 0 spiro atoms. The predicted molar refractivity (Wildman–Crippen MR) is 70.0 cm³/mol. The van der Waals surface area contributed by atoms with E-state index in [9.17, 15) is 0 Å². The molecule has 1 aromatic rings. The van der Waals surface area contributed by atoms with Crippen molar-refractivity contribution in [2.75, 3.05) is 19.8 Å². The summed E-state index contributed by atoms with van der Waals surface area (Å²) in [5.74, 6) is 0. The van der Waals surface area contributed by atoms with Crippen LogP contribution in [0, 0.1) is 5.41 Å². The number of hydrogen-bond donors (Lipinski definition) is 2. The molecule has 0 aromatic carbocycles. The number of thiazole rings is 1. The molecule has 1 aromatic heterocycles. The molecule has 2 unspecified atom stereocenters. The Kier molecular flexibility index (Phi) is 3.54. The Labute approximate surface area is 107 Å². The first-order chi connectivity index (χ1) is 7.94. The quantitative estimate of drug-likeness (QED) is 0.852. The van der Waals surface area contributed by atoms with Gasteiger partial charge in [-0.15, -0.1) is 11.3 Å². The molecule has 2 atom stereocenters. The van der Waals surface area contributed by atoms with Crippen molar-refractivity contribution in [3.63, 3.8) is 0 Å². The van der Waals surface area contributed by atoms with E-state index in [-0.39, 0.29) is 17.0 Å². The Balaban J connectivity index is 1.98. The molecule has 0 aliphatic carbocycles. The van der Waals surface area contributed by atoms with Gasteiger partial charge >= 0.3 is 0 Å². The first kappa shape index (κ1) is 13.0. The number of aromatic nitrogens is 1. The smallest absolute Gasteiger partial charge is 0.112 e. The monoisotopic (exact) mass is 255 g/mol. The summed E-state index contributed by atoms with van der Waals surface area (Å²) in [6.07, 6.45) is 1.84. The van der Waals surface area contributed by atoms with Crippen molar-refractivity contribution in [1.29, 1.82) is 0 Å². The maximum Gasteiger partial charge on any atom is 0.112 e. The summed E-state index contributed by atoms with van der Waals surface area (Å²) in [6.45, 7) is 8.72. The SMILES string of the molecule is CC(C)(NCC1(C)COCC1N)c1nccs1. The van der Waals surface area contributed by atoms with E-state index in [2.05, 4.69) is 31.1 Å². The van der Waals surface area contributed by atoms with Gasteiger partial charge in [-0.3, -0.25) is 0 Å². The summed E-state index contributed by atoms with van der Waals surface area (Å²) in [5, 5.41) is 6.67. The topological polar surface area (TPSA) is 60.2 Å². The Morgan fingerprint density at radius 1 is 1.71 bits per heavy atom. The highest BCUT2D eigenvalue weighted by Gasteiger charge is 2.39. The number of nitrogens with two attached hydrogens (primary N) is 1. The molecule has 5 heteroatoms. The number of rotatable bonds is 4. The normalized spacial score (nSPS) is 29.8. The Bertz CT molecular complexity index is 366. The molecule has 0 amide bonds. The van der Waals surface area contributed by atoms with Gasteiger partial charge in [0.2, 0.25) is 0 Å². The van der Waals surface area contributed by atoms with E-state index in [0.717, 1.165) is 18.2 Å². The van der Waals surface area contributed by atoms with Gasteiger partial charge in [-0.05, 0) is 13.8 Å². The second-order valence-electron chi connectivity index (χ2n) is 5.59. The second kappa shape index (κ2) is 4.65. The zero-order valence-electron chi connectivity index (χ0n) is 10.7. The van der Waals surface area contributed by atoms with Gasteiger partial charge in [-0.2, -0.15) is 0 Å². The first-order valence-corrected chi connectivity index (χ1v) is 6.80. The molecule has 0 bridgehead atoms. The summed E-state index contributed by atoms with van der Waals surface area (Å²) < 4.78 is 5.45. The van der Waals surface area contributed by atoms with Gasteiger partial charge in [0, 0.05) is 29.6 Å². The Morgan fingerprint density at radius 3 is 3.00 bits per heavy atom. The van der Waals surface area contributed by atoms with Crippen LogP contribution < -0.4 is 11.1 Å². The minimum atomic E-state index is -0.112. The van der Waals surface area contributed by atoms with Gasteiger partial charge in [-0.25, -0.2) is 4.98 Å². The lowest BCUT2D eigenvalue weighted by Gasteiger charge is -2.32.